The normalized spacial score (nSPS) is 17.8. The van der Waals surface area contributed by atoms with Gasteiger partial charge in [-0.3, -0.25) is 0 Å². The first-order valence-electron chi connectivity index (χ1n) is 6.77. The predicted molar refractivity (Wildman–Crippen MR) is 71.7 cm³/mol. The quantitative estimate of drug-likeness (QED) is 0.773. The summed E-state index contributed by atoms with van der Waals surface area (Å²) in [7, 11) is 0. The van der Waals surface area contributed by atoms with E-state index < -0.39 is 11.9 Å². The van der Waals surface area contributed by atoms with Gasteiger partial charge in [-0.2, -0.15) is 0 Å². The van der Waals surface area contributed by atoms with Crippen molar-refractivity contribution in [1.82, 2.24) is 0 Å². The zero-order valence-electron chi connectivity index (χ0n) is 11.5. The van der Waals surface area contributed by atoms with Crippen molar-refractivity contribution >= 4 is 11.9 Å². The second-order valence-electron chi connectivity index (χ2n) is 4.50. The smallest absolute Gasteiger partial charge is 0.339 e. The molecular weight excluding hydrogens is 260 g/mol. The summed E-state index contributed by atoms with van der Waals surface area (Å²) in [5.41, 5.74) is 0.454. The molecule has 0 radical (unpaired) electrons. The van der Waals surface area contributed by atoms with Crippen LogP contribution < -0.4 is 0 Å². The number of hydrogen-bond donors (Lipinski definition) is 0. The molecule has 0 spiro atoms. The fourth-order valence-electron chi connectivity index (χ4n) is 2.07. The Hall–Kier alpha value is -1.88. The van der Waals surface area contributed by atoms with Crippen LogP contribution in [-0.2, 0) is 14.2 Å². The molecule has 0 amide bonds. The van der Waals surface area contributed by atoms with Gasteiger partial charge in [-0.05, 0) is 31.9 Å². The van der Waals surface area contributed by atoms with E-state index in [-0.39, 0.29) is 30.4 Å². The van der Waals surface area contributed by atoms with E-state index >= 15 is 0 Å². The topological polar surface area (TPSA) is 61.8 Å². The van der Waals surface area contributed by atoms with Gasteiger partial charge in [-0.1, -0.05) is 12.1 Å². The van der Waals surface area contributed by atoms with Gasteiger partial charge in [-0.15, -0.1) is 0 Å². The zero-order chi connectivity index (χ0) is 14.4. The van der Waals surface area contributed by atoms with Crippen LogP contribution in [0.15, 0.2) is 24.3 Å². The van der Waals surface area contributed by atoms with Crippen molar-refractivity contribution in [3.05, 3.63) is 35.4 Å². The Morgan fingerprint density at radius 3 is 2.40 bits per heavy atom. The van der Waals surface area contributed by atoms with Crippen molar-refractivity contribution in [3.8, 4) is 0 Å². The highest BCUT2D eigenvalue weighted by molar-refractivity contribution is 6.03. The third kappa shape index (κ3) is 3.57. The van der Waals surface area contributed by atoms with Crippen molar-refractivity contribution in [2.75, 3.05) is 19.8 Å². The Bertz CT molecular complexity index is 477. The van der Waals surface area contributed by atoms with Crippen molar-refractivity contribution in [2.24, 2.45) is 0 Å². The molecule has 0 aliphatic carbocycles. The minimum atomic E-state index is -0.524. The van der Waals surface area contributed by atoms with E-state index in [0.717, 1.165) is 12.8 Å². The summed E-state index contributed by atoms with van der Waals surface area (Å²) < 4.78 is 15.5. The van der Waals surface area contributed by atoms with E-state index in [0.29, 0.717) is 6.61 Å². The molecule has 1 fully saturated rings. The first-order chi connectivity index (χ1) is 9.72. The zero-order valence-corrected chi connectivity index (χ0v) is 11.5. The molecule has 1 unspecified atom stereocenters. The van der Waals surface area contributed by atoms with Gasteiger partial charge in [0.1, 0.15) is 6.61 Å². The largest absolute Gasteiger partial charge is 0.462 e. The van der Waals surface area contributed by atoms with Crippen LogP contribution in [0.4, 0.5) is 0 Å². The molecule has 5 heteroatoms. The summed E-state index contributed by atoms with van der Waals surface area (Å²) in [6, 6.07) is 6.49. The number of ether oxygens (including phenoxy) is 3. The van der Waals surface area contributed by atoms with Gasteiger partial charge in [0, 0.05) is 6.61 Å². The minimum absolute atomic E-state index is 0.0336. The second kappa shape index (κ2) is 7.05. The lowest BCUT2D eigenvalue weighted by atomic mass is 10.1. The second-order valence-corrected chi connectivity index (χ2v) is 4.50. The Balaban J connectivity index is 2.02. The van der Waals surface area contributed by atoms with Crippen LogP contribution >= 0.6 is 0 Å². The molecule has 5 nitrogen and oxygen atoms in total. The van der Waals surface area contributed by atoms with Gasteiger partial charge in [0.15, 0.2) is 0 Å². The molecule has 1 aromatic carbocycles. The Morgan fingerprint density at radius 1 is 1.20 bits per heavy atom. The summed E-state index contributed by atoms with van der Waals surface area (Å²) in [5.74, 6) is -1.04. The minimum Gasteiger partial charge on any atom is -0.462 e. The molecule has 1 aliphatic heterocycles. The van der Waals surface area contributed by atoms with E-state index in [9.17, 15) is 9.59 Å². The molecule has 0 bridgehead atoms. The van der Waals surface area contributed by atoms with Crippen molar-refractivity contribution < 1.29 is 23.8 Å². The monoisotopic (exact) mass is 278 g/mol. The molecule has 0 aromatic heterocycles. The maximum absolute atomic E-state index is 12.0. The Morgan fingerprint density at radius 2 is 1.85 bits per heavy atom. The average Bonchev–Trinajstić information content (AvgIpc) is 2.98. The molecule has 108 valence electrons. The van der Waals surface area contributed by atoms with Crippen LogP contribution in [0.2, 0.25) is 0 Å². The SMILES string of the molecule is CCOC(=O)c1ccccc1C(=O)OCC1CCCO1. The predicted octanol–water partition coefficient (Wildman–Crippen LogP) is 2.20. The Labute approximate surface area is 117 Å². The molecule has 1 heterocycles. The number of esters is 2. The van der Waals surface area contributed by atoms with Crippen molar-refractivity contribution in [1.29, 1.82) is 0 Å². The van der Waals surface area contributed by atoms with Gasteiger partial charge < -0.3 is 14.2 Å². The molecule has 1 aromatic rings. The third-order valence-corrected chi connectivity index (χ3v) is 3.07. The highest BCUT2D eigenvalue weighted by Crippen LogP contribution is 2.15. The summed E-state index contributed by atoms with van der Waals surface area (Å²) in [6.07, 6.45) is 1.85. The maximum Gasteiger partial charge on any atom is 0.339 e. The number of rotatable bonds is 5. The first-order valence-corrected chi connectivity index (χ1v) is 6.77. The molecule has 0 N–H and O–H groups in total. The molecule has 0 saturated carbocycles. The van der Waals surface area contributed by atoms with E-state index in [2.05, 4.69) is 0 Å². The highest BCUT2D eigenvalue weighted by atomic mass is 16.6. The Kier molecular flexibility index (Phi) is 5.12. The van der Waals surface area contributed by atoms with Crippen LogP contribution in [0.3, 0.4) is 0 Å². The van der Waals surface area contributed by atoms with Crippen LogP contribution in [-0.4, -0.2) is 37.9 Å². The lowest BCUT2D eigenvalue weighted by Crippen LogP contribution is -2.20. The van der Waals surface area contributed by atoms with E-state index in [1.54, 1.807) is 31.2 Å². The molecular formula is C15H18O5. The van der Waals surface area contributed by atoms with Crippen LogP contribution in [0.25, 0.3) is 0 Å². The highest BCUT2D eigenvalue weighted by Gasteiger charge is 2.21. The van der Waals surface area contributed by atoms with Gasteiger partial charge in [0.2, 0.25) is 0 Å². The lowest BCUT2D eigenvalue weighted by Gasteiger charge is -2.12. The molecule has 2 rings (SSSR count). The molecule has 1 atom stereocenters. The van der Waals surface area contributed by atoms with Gasteiger partial charge in [0.25, 0.3) is 0 Å². The van der Waals surface area contributed by atoms with E-state index in [1.165, 1.54) is 0 Å². The maximum atomic E-state index is 12.0. The number of benzene rings is 1. The summed E-state index contributed by atoms with van der Waals surface area (Å²) in [5, 5.41) is 0. The van der Waals surface area contributed by atoms with Crippen molar-refractivity contribution in [3.63, 3.8) is 0 Å². The number of carbonyl (C=O) groups excluding carboxylic acids is 2. The van der Waals surface area contributed by atoms with Crippen LogP contribution in [0, 0.1) is 0 Å². The van der Waals surface area contributed by atoms with Gasteiger partial charge >= 0.3 is 11.9 Å². The van der Waals surface area contributed by atoms with Crippen LogP contribution in [0.5, 0.6) is 0 Å². The standard InChI is InChI=1S/C15H18O5/c1-2-18-14(16)12-7-3-4-8-13(12)15(17)20-10-11-6-5-9-19-11/h3-4,7-8,11H,2,5-6,9-10H2,1H3. The van der Waals surface area contributed by atoms with Gasteiger partial charge in [0.05, 0.1) is 23.8 Å². The van der Waals surface area contributed by atoms with Crippen LogP contribution in [0.1, 0.15) is 40.5 Å². The first kappa shape index (κ1) is 14.5. The fraction of sp³-hybridized carbons (Fsp3) is 0.467. The number of hydrogen-bond acceptors (Lipinski definition) is 5. The average molecular weight is 278 g/mol. The third-order valence-electron chi connectivity index (χ3n) is 3.07. The summed E-state index contributed by atoms with van der Waals surface area (Å²) >= 11 is 0. The van der Waals surface area contributed by atoms with E-state index in [1.807, 2.05) is 0 Å². The number of carbonyl (C=O) groups is 2. The van der Waals surface area contributed by atoms with E-state index in [4.69, 9.17) is 14.2 Å². The summed E-state index contributed by atoms with van der Waals surface area (Å²) in [6.45, 7) is 2.91. The molecule has 20 heavy (non-hydrogen) atoms. The molecule has 1 aliphatic rings. The van der Waals surface area contributed by atoms with Gasteiger partial charge in [-0.25, -0.2) is 9.59 Å². The fourth-order valence-corrected chi connectivity index (χ4v) is 2.07. The lowest BCUT2D eigenvalue weighted by molar-refractivity contribution is 0.0157. The molecule has 1 saturated heterocycles. The summed E-state index contributed by atoms with van der Waals surface area (Å²) in [4.78, 5) is 23.8. The van der Waals surface area contributed by atoms with Crippen molar-refractivity contribution in [2.45, 2.75) is 25.9 Å².